The third kappa shape index (κ3) is 4.71. The van der Waals surface area contributed by atoms with E-state index in [9.17, 15) is 22.8 Å². The molecule has 0 saturated carbocycles. The first-order valence-electron chi connectivity index (χ1n) is 8.37. The van der Waals surface area contributed by atoms with Gasteiger partial charge < -0.3 is 4.74 Å². The van der Waals surface area contributed by atoms with Crippen LogP contribution in [-0.2, 0) is 16.0 Å². The van der Waals surface area contributed by atoms with Gasteiger partial charge in [-0.2, -0.15) is 13.5 Å². The summed E-state index contributed by atoms with van der Waals surface area (Å²) in [4.78, 5) is 23.5. The van der Waals surface area contributed by atoms with Gasteiger partial charge in [0.2, 0.25) is 0 Å². The molecular formula is C17H19ClF3N3O3. The van der Waals surface area contributed by atoms with Gasteiger partial charge in [-0.1, -0.05) is 17.7 Å². The summed E-state index contributed by atoms with van der Waals surface area (Å²) < 4.78 is 45.7. The molecule has 1 aromatic carbocycles. The molecule has 0 aliphatic rings. The molecule has 1 heterocycles. The Morgan fingerprint density at radius 2 is 2.04 bits per heavy atom. The summed E-state index contributed by atoms with van der Waals surface area (Å²) in [5, 5.41) is 3.63. The zero-order chi connectivity index (χ0) is 20.1. The number of unbranched alkanes of at least 4 members (excludes halogenated alkanes) is 1. The highest BCUT2D eigenvalue weighted by Crippen LogP contribution is 2.28. The summed E-state index contributed by atoms with van der Waals surface area (Å²) in [6.07, 6.45) is 1.77. The predicted molar refractivity (Wildman–Crippen MR) is 93.0 cm³/mol. The van der Waals surface area contributed by atoms with Crippen LogP contribution in [0.15, 0.2) is 16.9 Å². The molecule has 1 aromatic heterocycles. The Kier molecular flexibility index (Phi) is 7.06. The predicted octanol–water partition coefficient (Wildman–Crippen LogP) is 3.81. The minimum absolute atomic E-state index is 0.0767. The highest BCUT2D eigenvalue weighted by atomic mass is 35.5. The number of carbonyl (C=O) groups is 1. The Labute approximate surface area is 158 Å². The smallest absolute Gasteiger partial charge is 0.355 e. The summed E-state index contributed by atoms with van der Waals surface area (Å²) in [6.45, 7) is 0.149. The van der Waals surface area contributed by atoms with Crippen LogP contribution in [0.25, 0.3) is 5.69 Å². The van der Waals surface area contributed by atoms with Gasteiger partial charge in [-0.05, 0) is 44.7 Å². The van der Waals surface area contributed by atoms with E-state index < -0.39 is 18.1 Å². The third-order valence-corrected chi connectivity index (χ3v) is 4.34. The first-order valence-corrected chi connectivity index (χ1v) is 8.74. The molecule has 0 fully saturated rings. The largest absolute Gasteiger partial charge is 0.466 e. The second kappa shape index (κ2) is 9.07. The van der Waals surface area contributed by atoms with Crippen LogP contribution in [0.3, 0.4) is 0 Å². The fraction of sp³-hybridized carbons (Fsp3) is 0.471. The number of ether oxygens (including phenoxy) is 1. The molecule has 0 spiro atoms. The molecule has 0 bridgehead atoms. The SMILES string of the molecule is CCOC(=O)CCCCc1ccc(F)c(-n2nc(C)n(C(F)F)c2=O)c1Cl. The van der Waals surface area contributed by atoms with Crippen LogP contribution in [0.1, 0.15) is 44.1 Å². The molecule has 148 valence electrons. The summed E-state index contributed by atoms with van der Waals surface area (Å²) in [5.74, 6) is -1.41. The third-order valence-electron chi connectivity index (χ3n) is 3.92. The van der Waals surface area contributed by atoms with E-state index in [2.05, 4.69) is 5.10 Å². The molecule has 0 atom stereocenters. The molecule has 27 heavy (non-hydrogen) atoms. The van der Waals surface area contributed by atoms with Crippen molar-refractivity contribution in [1.29, 1.82) is 0 Å². The second-order valence-electron chi connectivity index (χ2n) is 5.77. The second-order valence-corrected chi connectivity index (χ2v) is 6.15. The van der Waals surface area contributed by atoms with Crippen molar-refractivity contribution in [3.05, 3.63) is 44.8 Å². The molecule has 0 unspecified atom stereocenters. The topological polar surface area (TPSA) is 66.1 Å². The van der Waals surface area contributed by atoms with E-state index in [1.807, 2.05) is 0 Å². The van der Waals surface area contributed by atoms with Crippen molar-refractivity contribution in [3.63, 3.8) is 0 Å². The lowest BCUT2D eigenvalue weighted by Crippen LogP contribution is -2.25. The lowest BCUT2D eigenvalue weighted by molar-refractivity contribution is -0.143. The molecule has 0 saturated heterocycles. The fourth-order valence-corrected chi connectivity index (χ4v) is 2.96. The molecule has 2 aromatic rings. The first-order chi connectivity index (χ1) is 12.8. The van der Waals surface area contributed by atoms with Crippen molar-refractivity contribution in [1.82, 2.24) is 14.3 Å². The Balaban J connectivity index is 2.25. The number of benzene rings is 1. The van der Waals surface area contributed by atoms with Gasteiger partial charge in [0.05, 0.1) is 11.6 Å². The van der Waals surface area contributed by atoms with Gasteiger partial charge >= 0.3 is 18.2 Å². The number of halogens is 4. The number of aryl methyl sites for hydroxylation is 2. The summed E-state index contributed by atoms with van der Waals surface area (Å²) in [5.41, 5.74) is -1.03. The Morgan fingerprint density at radius 1 is 1.33 bits per heavy atom. The number of alkyl halides is 2. The van der Waals surface area contributed by atoms with Gasteiger partial charge in [0, 0.05) is 6.42 Å². The summed E-state index contributed by atoms with van der Waals surface area (Å²) in [7, 11) is 0. The zero-order valence-corrected chi connectivity index (χ0v) is 15.6. The fourth-order valence-electron chi connectivity index (χ4n) is 2.63. The van der Waals surface area contributed by atoms with Crippen molar-refractivity contribution in [3.8, 4) is 5.69 Å². The Bertz CT molecular complexity index is 880. The number of nitrogens with zero attached hydrogens (tertiary/aromatic N) is 3. The molecule has 0 aliphatic heterocycles. The summed E-state index contributed by atoms with van der Waals surface area (Å²) in [6, 6.07) is 2.55. The van der Waals surface area contributed by atoms with Gasteiger partial charge in [0.15, 0.2) is 5.82 Å². The van der Waals surface area contributed by atoms with Crippen molar-refractivity contribution >= 4 is 17.6 Å². The van der Waals surface area contributed by atoms with E-state index in [4.69, 9.17) is 16.3 Å². The number of hydrogen-bond acceptors (Lipinski definition) is 4. The Morgan fingerprint density at radius 3 is 2.63 bits per heavy atom. The van der Waals surface area contributed by atoms with Crippen LogP contribution in [-0.4, -0.2) is 26.9 Å². The van der Waals surface area contributed by atoms with E-state index in [1.54, 1.807) is 6.92 Å². The molecule has 10 heteroatoms. The number of aromatic nitrogens is 3. The maximum atomic E-state index is 14.3. The molecular weight excluding hydrogens is 387 g/mol. The number of hydrogen-bond donors (Lipinski definition) is 0. The van der Waals surface area contributed by atoms with Crippen LogP contribution >= 0.6 is 11.6 Å². The molecule has 0 N–H and O–H groups in total. The maximum Gasteiger partial charge on any atom is 0.355 e. The highest BCUT2D eigenvalue weighted by Gasteiger charge is 2.23. The van der Waals surface area contributed by atoms with Crippen LogP contribution in [0, 0.1) is 12.7 Å². The van der Waals surface area contributed by atoms with Crippen molar-refractivity contribution < 1.29 is 22.7 Å². The van der Waals surface area contributed by atoms with Gasteiger partial charge in [-0.25, -0.2) is 13.8 Å². The first kappa shape index (κ1) is 21.0. The average Bonchev–Trinajstić information content (AvgIpc) is 2.88. The van der Waals surface area contributed by atoms with Crippen LogP contribution in [0.5, 0.6) is 0 Å². The minimum atomic E-state index is -3.10. The lowest BCUT2D eigenvalue weighted by Gasteiger charge is -2.10. The van der Waals surface area contributed by atoms with Gasteiger partial charge in [-0.15, -0.1) is 5.10 Å². The highest BCUT2D eigenvalue weighted by molar-refractivity contribution is 6.33. The number of esters is 1. The molecule has 6 nitrogen and oxygen atoms in total. The maximum absolute atomic E-state index is 14.3. The van der Waals surface area contributed by atoms with E-state index in [1.165, 1.54) is 13.0 Å². The average molecular weight is 406 g/mol. The van der Waals surface area contributed by atoms with E-state index in [-0.39, 0.29) is 33.5 Å². The molecule has 0 radical (unpaired) electrons. The quantitative estimate of drug-likeness (QED) is 0.495. The van der Waals surface area contributed by atoms with E-state index in [0.717, 1.165) is 6.07 Å². The molecule has 2 rings (SSSR count). The van der Waals surface area contributed by atoms with E-state index >= 15 is 0 Å². The zero-order valence-electron chi connectivity index (χ0n) is 14.8. The van der Waals surface area contributed by atoms with Crippen LogP contribution < -0.4 is 5.69 Å². The van der Waals surface area contributed by atoms with Gasteiger partial charge in [0.1, 0.15) is 11.5 Å². The number of carbonyl (C=O) groups excluding carboxylic acids is 1. The normalized spacial score (nSPS) is 11.2. The van der Waals surface area contributed by atoms with Crippen molar-refractivity contribution in [2.75, 3.05) is 6.61 Å². The van der Waals surface area contributed by atoms with Crippen molar-refractivity contribution in [2.24, 2.45) is 0 Å². The minimum Gasteiger partial charge on any atom is -0.466 e. The Hall–Kier alpha value is -2.29. The lowest BCUT2D eigenvalue weighted by atomic mass is 10.1. The van der Waals surface area contributed by atoms with E-state index in [0.29, 0.717) is 36.1 Å². The monoisotopic (exact) mass is 405 g/mol. The number of rotatable bonds is 8. The molecule has 0 aliphatic carbocycles. The van der Waals surface area contributed by atoms with Gasteiger partial charge in [-0.3, -0.25) is 4.79 Å². The van der Waals surface area contributed by atoms with Crippen LogP contribution in [0.2, 0.25) is 5.02 Å². The van der Waals surface area contributed by atoms with Crippen molar-refractivity contribution in [2.45, 2.75) is 46.1 Å². The van der Waals surface area contributed by atoms with Crippen LogP contribution in [0.4, 0.5) is 13.2 Å². The standard InChI is InChI=1S/C17H19ClF3N3O3/c1-3-27-13(25)7-5-4-6-11-8-9-12(19)15(14(11)18)24-17(26)23(16(20)21)10(2)22-24/h8-9,16H,3-7H2,1-2H3. The molecule has 0 amide bonds. The summed E-state index contributed by atoms with van der Waals surface area (Å²) >= 11 is 6.22. The van der Waals surface area contributed by atoms with Gasteiger partial charge in [0.25, 0.3) is 0 Å².